The van der Waals surface area contributed by atoms with Gasteiger partial charge in [-0.3, -0.25) is 0 Å². The molecule has 0 spiro atoms. The SMILES string of the molecule is CCCCOc1ccc(C(=O)O)nc1C(=O)O. The Bertz CT molecular complexity index is 430. The molecule has 0 atom stereocenters. The highest BCUT2D eigenvalue weighted by atomic mass is 16.5. The number of carboxylic acid groups (broad SMARTS) is 2. The number of carbonyl (C=O) groups is 2. The van der Waals surface area contributed by atoms with Crippen molar-refractivity contribution in [2.75, 3.05) is 6.61 Å². The molecule has 1 rings (SSSR count). The largest absolute Gasteiger partial charge is 0.491 e. The van der Waals surface area contributed by atoms with E-state index in [-0.39, 0.29) is 17.1 Å². The van der Waals surface area contributed by atoms with E-state index in [0.29, 0.717) is 6.61 Å². The van der Waals surface area contributed by atoms with Crippen LogP contribution in [-0.4, -0.2) is 33.7 Å². The van der Waals surface area contributed by atoms with E-state index in [1.54, 1.807) is 0 Å². The van der Waals surface area contributed by atoms with Gasteiger partial charge in [0, 0.05) is 0 Å². The number of aromatic nitrogens is 1. The van der Waals surface area contributed by atoms with Crippen molar-refractivity contribution in [2.24, 2.45) is 0 Å². The summed E-state index contributed by atoms with van der Waals surface area (Å²) in [6.45, 7) is 2.36. The van der Waals surface area contributed by atoms with Crippen molar-refractivity contribution in [3.63, 3.8) is 0 Å². The van der Waals surface area contributed by atoms with Gasteiger partial charge in [0.15, 0.2) is 11.4 Å². The predicted molar refractivity (Wildman–Crippen MR) is 58.6 cm³/mol. The molecule has 92 valence electrons. The van der Waals surface area contributed by atoms with Gasteiger partial charge >= 0.3 is 11.9 Å². The monoisotopic (exact) mass is 239 g/mol. The average molecular weight is 239 g/mol. The summed E-state index contributed by atoms with van der Waals surface area (Å²) in [7, 11) is 0. The van der Waals surface area contributed by atoms with Crippen LogP contribution in [0, 0.1) is 0 Å². The molecule has 0 radical (unpaired) electrons. The standard InChI is InChI=1S/C11H13NO5/c1-2-3-6-17-8-5-4-7(10(13)14)12-9(8)11(15)16/h4-5H,2-3,6H2,1H3,(H,13,14)(H,15,16). The summed E-state index contributed by atoms with van der Waals surface area (Å²) in [5, 5.41) is 17.6. The van der Waals surface area contributed by atoms with Crippen molar-refractivity contribution >= 4 is 11.9 Å². The molecule has 0 bridgehead atoms. The highest BCUT2D eigenvalue weighted by Crippen LogP contribution is 2.17. The summed E-state index contributed by atoms with van der Waals surface area (Å²) in [6.07, 6.45) is 1.71. The maximum atomic E-state index is 10.9. The van der Waals surface area contributed by atoms with E-state index in [1.165, 1.54) is 12.1 Å². The predicted octanol–water partition coefficient (Wildman–Crippen LogP) is 1.66. The summed E-state index contributed by atoms with van der Waals surface area (Å²) in [4.78, 5) is 25.1. The second-order valence-electron chi connectivity index (χ2n) is 3.36. The first kappa shape index (κ1) is 13.0. The van der Waals surface area contributed by atoms with Gasteiger partial charge in [-0.25, -0.2) is 14.6 Å². The van der Waals surface area contributed by atoms with Gasteiger partial charge < -0.3 is 14.9 Å². The van der Waals surface area contributed by atoms with Crippen LogP contribution in [0.1, 0.15) is 40.7 Å². The molecule has 0 aliphatic rings. The van der Waals surface area contributed by atoms with Gasteiger partial charge in [-0.15, -0.1) is 0 Å². The number of pyridine rings is 1. The number of aromatic carboxylic acids is 2. The molecule has 1 heterocycles. The number of rotatable bonds is 6. The molecule has 1 aromatic heterocycles. The van der Waals surface area contributed by atoms with Crippen LogP contribution >= 0.6 is 0 Å². The summed E-state index contributed by atoms with van der Waals surface area (Å²) in [5.74, 6) is -2.48. The smallest absolute Gasteiger partial charge is 0.358 e. The van der Waals surface area contributed by atoms with Crippen LogP contribution in [0.3, 0.4) is 0 Å². The van der Waals surface area contributed by atoms with E-state index in [9.17, 15) is 9.59 Å². The molecule has 2 N–H and O–H groups in total. The summed E-state index contributed by atoms with van der Waals surface area (Å²) >= 11 is 0. The summed E-state index contributed by atoms with van der Waals surface area (Å²) in [5.41, 5.74) is -0.689. The Morgan fingerprint density at radius 1 is 1.29 bits per heavy atom. The topological polar surface area (TPSA) is 96.7 Å². The van der Waals surface area contributed by atoms with Gasteiger partial charge in [0.25, 0.3) is 0 Å². The molecule has 0 saturated carbocycles. The van der Waals surface area contributed by atoms with Gasteiger partial charge in [0.2, 0.25) is 0 Å². The molecule has 0 amide bonds. The quantitative estimate of drug-likeness (QED) is 0.733. The van der Waals surface area contributed by atoms with Crippen molar-refractivity contribution in [2.45, 2.75) is 19.8 Å². The molecule has 17 heavy (non-hydrogen) atoms. The fourth-order valence-electron chi connectivity index (χ4n) is 1.16. The lowest BCUT2D eigenvalue weighted by Gasteiger charge is -2.08. The lowest BCUT2D eigenvalue weighted by Crippen LogP contribution is -2.10. The van der Waals surface area contributed by atoms with Crippen LogP contribution in [0.2, 0.25) is 0 Å². The van der Waals surface area contributed by atoms with Gasteiger partial charge in [0.05, 0.1) is 6.61 Å². The van der Waals surface area contributed by atoms with E-state index in [0.717, 1.165) is 12.8 Å². The summed E-state index contributed by atoms with van der Waals surface area (Å²) in [6, 6.07) is 2.53. The number of ether oxygens (including phenoxy) is 1. The first-order valence-electron chi connectivity index (χ1n) is 5.16. The van der Waals surface area contributed by atoms with Crippen LogP contribution < -0.4 is 4.74 Å². The molecule has 0 fully saturated rings. The van der Waals surface area contributed by atoms with Gasteiger partial charge in [-0.2, -0.15) is 0 Å². The lowest BCUT2D eigenvalue weighted by atomic mass is 10.2. The first-order valence-corrected chi connectivity index (χ1v) is 5.16. The maximum absolute atomic E-state index is 10.9. The zero-order valence-corrected chi connectivity index (χ0v) is 9.34. The van der Waals surface area contributed by atoms with E-state index < -0.39 is 11.9 Å². The second kappa shape index (κ2) is 5.83. The van der Waals surface area contributed by atoms with E-state index in [2.05, 4.69) is 4.98 Å². The number of hydrogen-bond acceptors (Lipinski definition) is 4. The van der Waals surface area contributed by atoms with Crippen molar-refractivity contribution in [3.8, 4) is 5.75 Å². The van der Waals surface area contributed by atoms with E-state index >= 15 is 0 Å². The zero-order valence-electron chi connectivity index (χ0n) is 9.34. The third-order valence-electron chi connectivity index (χ3n) is 2.04. The molecule has 0 aliphatic carbocycles. The van der Waals surface area contributed by atoms with Gasteiger partial charge in [0.1, 0.15) is 5.69 Å². The molecule has 6 heteroatoms. The minimum atomic E-state index is -1.31. The molecule has 1 aromatic rings. The van der Waals surface area contributed by atoms with Crippen molar-refractivity contribution in [1.82, 2.24) is 4.98 Å². The Kier molecular flexibility index (Phi) is 4.45. The number of hydrogen-bond donors (Lipinski definition) is 2. The third kappa shape index (κ3) is 3.44. The maximum Gasteiger partial charge on any atom is 0.358 e. The van der Waals surface area contributed by atoms with Crippen LogP contribution in [0.5, 0.6) is 5.75 Å². The Labute approximate surface area is 97.9 Å². The lowest BCUT2D eigenvalue weighted by molar-refractivity contribution is 0.0681. The van der Waals surface area contributed by atoms with Crippen molar-refractivity contribution in [1.29, 1.82) is 0 Å². The number of carboxylic acids is 2. The van der Waals surface area contributed by atoms with Crippen LogP contribution in [0.4, 0.5) is 0 Å². The minimum absolute atomic E-state index is 0.0935. The number of unbranched alkanes of at least 4 members (excludes halogenated alkanes) is 1. The fraction of sp³-hybridized carbons (Fsp3) is 0.364. The Hall–Kier alpha value is -2.11. The zero-order chi connectivity index (χ0) is 12.8. The molecule has 0 saturated heterocycles. The minimum Gasteiger partial charge on any atom is -0.491 e. The second-order valence-corrected chi connectivity index (χ2v) is 3.36. The molecule has 6 nitrogen and oxygen atoms in total. The molecule has 0 aliphatic heterocycles. The molecule has 0 unspecified atom stereocenters. The molecular weight excluding hydrogens is 226 g/mol. The highest BCUT2D eigenvalue weighted by Gasteiger charge is 2.16. The van der Waals surface area contributed by atoms with Gasteiger partial charge in [-0.05, 0) is 18.6 Å². The van der Waals surface area contributed by atoms with E-state index in [4.69, 9.17) is 14.9 Å². The average Bonchev–Trinajstić information content (AvgIpc) is 2.29. The van der Waals surface area contributed by atoms with Gasteiger partial charge in [-0.1, -0.05) is 13.3 Å². The highest BCUT2D eigenvalue weighted by molar-refractivity contribution is 5.92. The van der Waals surface area contributed by atoms with Crippen molar-refractivity contribution < 1.29 is 24.5 Å². The number of nitrogens with zero attached hydrogens (tertiary/aromatic N) is 1. The molecular formula is C11H13NO5. The van der Waals surface area contributed by atoms with Crippen molar-refractivity contribution in [3.05, 3.63) is 23.5 Å². The Morgan fingerprint density at radius 2 is 2.00 bits per heavy atom. The van der Waals surface area contributed by atoms with Crippen LogP contribution in [-0.2, 0) is 0 Å². The van der Waals surface area contributed by atoms with Crippen LogP contribution in [0.15, 0.2) is 12.1 Å². The molecule has 0 aromatic carbocycles. The fourth-order valence-corrected chi connectivity index (χ4v) is 1.16. The summed E-state index contributed by atoms with van der Waals surface area (Å²) < 4.78 is 5.24. The Balaban J connectivity index is 2.96. The van der Waals surface area contributed by atoms with E-state index in [1.807, 2.05) is 6.92 Å². The Morgan fingerprint density at radius 3 is 2.53 bits per heavy atom. The van der Waals surface area contributed by atoms with Crippen LogP contribution in [0.25, 0.3) is 0 Å². The first-order chi connectivity index (χ1) is 8.06. The normalized spacial score (nSPS) is 9.94. The third-order valence-corrected chi connectivity index (χ3v) is 2.04.